The predicted molar refractivity (Wildman–Crippen MR) is 111 cm³/mol. The zero-order valence-electron chi connectivity index (χ0n) is 16.1. The van der Waals surface area contributed by atoms with Crippen LogP contribution in [-0.4, -0.2) is 34.0 Å². The average Bonchev–Trinajstić information content (AvgIpc) is 3.19. The number of halogens is 1. The number of likely N-dealkylation sites (tertiary alicyclic amines) is 1. The third-order valence-electron chi connectivity index (χ3n) is 5.36. The predicted octanol–water partition coefficient (Wildman–Crippen LogP) is 5.00. The molecule has 3 aromatic rings. The number of hydrogen-bond donors (Lipinski definition) is 1. The van der Waals surface area contributed by atoms with E-state index >= 15 is 0 Å². The van der Waals surface area contributed by atoms with Gasteiger partial charge in [-0.25, -0.2) is 9.78 Å². The average molecular weight is 411 g/mol. The van der Waals surface area contributed by atoms with Crippen molar-refractivity contribution >= 4 is 17.6 Å². The van der Waals surface area contributed by atoms with Crippen LogP contribution in [0.15, 0.2) is 59.1 Å². The van der Waals surface area contributed by atoms with Gasteiger partial charge in [0, 0.05) is 30.5 Å². The van der Waals surface area contributed by atoms with E-state index in [-0.39, 0.29) is 5.92 Å². The zero-order chi connectivity index (χ0) is 20.2. The molecule has 0 radical (unpaired) electrons. The first kappa shape index (κ1) is 19.7. The number of piperidine rings is 1. The van der Waals surface area contributed by atoms with Crippen LogP contribution in [0, 0.1) is 0 Å². The van der Waals surface area contributed by atoms with Crippen molar-refractivity contribution in [3.63, 3.8) is 0 Å². The van der Waals surface area contributed by atoms with Gasteiger partial charge in [-0.15, -0.1) is 0 Å². The van der Waals surface area contributed by atoms with E-state index in [4.69, 9.17) is 16.0 Å². The van der Waals surface area contributed by atoms with Crippen LogP contribution in [0.3, 0.4) is 0 Å². The molecule has 0 aliphatic carbocycles. The van der Waals surface area contributed by atoms with E-state index in [9.17, 15) is 9.90 Å². The second-order valence-electron chi connectivity index (χ2n) is 7.50. The van der Waals surface area contributed by atoms with E-state index in [0.29, 0.717) is 18.5 Å². The Hall–Kier alpha value is -2.63. The maximum atomic E-state index is 11.5. The molecule has 0 amide bonds. The Morgan fingerprint density at radius 3 is 2.79 bits per heavy atom. The number of carboxylic acid groups (broad SMARTS) is 1. The Kier molecular flexibility index (Phi) is 5.97. The molecule has 1 fully saturated rings. The number of benzene rings is 2. The maximum absolute atomic E-state index is 11.5. The summed E-state index contributed by atoms with van der Waals surface area (Å²) in [4.78, 5) is 18.3. The summed E-state index contributed by atoms with van der Waals surface area (Å²) < 4.78 is 6.05. The van der Waals surface area contributed by atoms with Crippen molar-refractivity contribution < 1.29 is 14.3 Å². The van der Waals surface area contributed by atoms with Crippen molar-refractivity contribution in [3.8, 4) is 0 Å². The minimum absolute atomic E-state index is 0.222. The summed E-state index contributed by atoms with van der Waals surface area (Å²) in [6, 6.07) is 14.9. The van der Waals surface area contributed by atoms with Crippen LogP contribution in [0.25, 0.3) is 0 Å². The molecule has 1 aliphatic heterocycles. The SMILES string of the molecule is O=C(O)c1ccccc1CN1CCC[C@H](c2ncc(Cc3ccc(Cl)cc3)o2)C1. The molecule has 2 aromatic carbocycles. The van der Waals surface area contributed by atoms with E-state index < -0.39 is 5.97 Å². The summed E-state index contributed by atoms with van der Waals surface area (Å²) in [5.74, 6) is 0.953. The van der Waals surface area contributed by atoms with Crippen LogP contribution in [-0.2, 0) is 13.0 Å². The molecule has 0 bridgehead atoms. The summed E-state index contributed by atoms with van der Waals surface area (Å²) in [7, 11) is 0. The van der Waals surface area contributed by atoms with E-state index in [0.717, 1.165) is 53.7 Å². The second kappa shape index (κ2) is 8.80. The molecular weight excluding hydrogens is 388 g/mol. The molecule has 0 saturated carbocycles. The summed E-state index contributed by atoms with van der Waals surface area (Å²) in [6.07, 6.45) is 4.56. The maximum Gasteiger partial charge on any atom is 0.336 e. The molecule has 0 unspecified atom stereocenters. The molecular formula is C23H23ClN2O3. The van der Waals surface area contributed by atoms with Gasteiger partial charge in [0.25, 0.3) is 0 Å². The van der Waals surface area contributed by atoms with Gasteiger partial charge in [-0.2, -0.15) is 0 Å². The Labute approximate surface area is 174 Å². The molecule has 5 nitrogen and oxygen atoms in total. The summed E-state index contributed by atoms with van der Waals surface area (Å²) in [5.41, 5.74) is 2.35. The van der Waals surface area contributed by atoms with Crippen LogP contribution in [0.1, 0.15) is 51.9 Å². The topological polar surface area (TPSA) is 66.6 Å². The fourth-order valence-electron chi connectivity index (χ4n) is 3.90. The van der Waals surface area contributed by atoms with Crippen LogP contribution in [0.4, 0.5) is 0 Å². The summed E-state index contributed by atoms with van der Waals surface area (Å²) in [5, 5.41) is 10.1. The molecule has 1 saturated heterocycles. The molecule has 4 rings (SSSR count). The Bertz CT molecular complexity index is 984. The Balaban J connectivity index is 1.42. The smallest absolute Gasteiger partial charge is 0.336 e. The second-order valence-corrected chi connectivity index (χ2v) is 7.94. The highest BCUT2D eigenvalue weighted by atomic mass is 35.5. The van der Waals surface area contributed by atoms with E-state index in [2.05, 4.69) is 9.88 Å². The monoisotopic (exact) mass is 410 g/mol. The van der Waals surface area contributed by atoms with Crippen molar-refractivity contribution in [2.45, 2.75) is 31.7 Å². The normalized spacial score (nSPS) is 17.3. The highest BCUT2D eigenvalue weighted by molar-refractivity contribution is 6.30. The number of aromatic carboxylic acids is 1. The fraction of sp³-hybridized carbons (Fsp3) is 0.304. The Morgan fingerprint density at radius 2 is 2.00 bits per heavy atom. The number of aromatic nitrogens is 1. The third-order valence-corrected chi connectivity index (χ3v) is 5.61. The van der Waals surface area contributed by atoms with Crippen LogP contribution < -0.4 is 0 Å². The van der Waals surface area contributed by atoms with E-state index in [1.54, 1.807) is 12.1 Å². The number of rotatable bonds is 6. The first-order chi connectivity index (χ1) is 14.1. The minimum Gasteiger partial charge on any atom is -0.478 e. The number of nitrogens with zero attached hydrogens (tertiary/aromatic N) is 2. The quantitative estimate of drug-likeness (QED) is 0.619. The van der Waals surface area contributed by atoms with Gasteiger partial charge < -0.3 is 9.52 Å². The third kappa shape index (κ3) is 4.86. The van der Waals surface area contributed by atoms with Crippen LogP contribution in [0.5, 0.6) is 0 Å². The standard InChI is InChI=1S/C23H23ClN2O3/c24-19-9-7-16(8-10-19)12-20-13-25-22(29-20)18-5-3-11-26(15-18)14-17-4-1-2-6-21(17)23(27)28/h1-2,4,6-10,13,18H,3,5,11-12,14-15H2,(H,27,28)/t18-/m0/s1. The highest BCUT2D eigenvalue weighted by Gasteiger charge is 2.26. The van der Waals surface area contributed by atoms with Crippen molar-refractivity contribution in [2.24, 2.45) is 0 Å². The van der Waals surface area contributed by atoms with Gasteiger partial charge in [0.2, 0.25) is 0 Å². The number of hydrogen-bond acceptors (Lipinski definition) is 4. The van der Waals surface area contributed by atoms with Crippen LogP contribution >= 0.6 is 11.6 Å². The van der Waals surface area contributed by atoms with Gasteiger partial charge in [-0.05, 0) is 48.7 Å². The number of carboxylic acids is 1. The molecule has 1 N–H and O–H groups in total. The lowest BCUT2D eigenvalue weighted by molar-refractivity contribution is 0.0693. The van der Waals surface area contributed by atoms with Crippen molar-refractivity contribution in [2.75, 3.05) is 13.1 Å². The van der Waals surface area contributed by atoms with E-state index in [1.165, 1.54) is 0 Å². The lowest BCUT2D eigenvalue weighted by Crippen LogP contribution is -2.34. The lowest BCUT2D eigenvalue weighted by atomic mass is 9.97. The van der Waals surface area contributed by atoms with Gasteiger partial charge in [0.05, 0.1) is 11.8 Å². The number of carbonyl (C=O) groups is 1. The fourth-order valence-corrected chi connectivity index (χ4v) is 4.03. The largest absolute Gasteiger partial charge is 0.478 e. The Morgan fingerprint density at radius 1 is 1.21 bits per heavy atom. The van der Waals surface area contributed by atoms with Gasteiger partial charge in [-0.1, -0.05) is 41.9 Å². The van der Waals surface area contributed by atoms with Gasteiger partial charge in [0.1, 0.15) is 5.76 Å². The lowest BCUT2D eigenvalue weighted by Gasteiger charge is -2.31. The molecule has 1 aromatic heterocycles. The molecule has 150 valence electrons. The van der Waals surface area contributed by atoms with Gasteiger partial charge >= 0.3 is 5.97 Å². The molecule has 2 heterocycles. The summed E-state index contributed by atoms with van der Waals surface area (Å²) in [6.45, 7) is 2.38. The molecule has 29 heavy (non-hydrogen) atoms. The molecule has 1 atom stereocenters. The molecule has 6 heteroatoms. The summed E-state index contributed by atoms with van der Waals surface area (Å²) >= 11 is 5.95. The highest BCUT2D eigenvalue weighted by Crippen LogP contribution is 2.28. The van der Waals surface area contributed by atoms with Crippen molar-refractivity contribution in [3.05, 3.63) is 88.1 Å². The first-order valence-electron chi connectivity index (χ1n) is 9.81. The number of oxazole rings is 1. The minimum atomic E-state index is -0.881. The van der Waals surface area contributed by atoms with Crippen molar-refractivity contribution in [1.82, 2.24) is 9.88 Å². The molecule has 0 spiro atoms. The van der Waals surface area contributed by atoms with E-state index in [1.807, 2.05) is 42.6 Å². The van der Waals surface area contributed by atoms with Crippen LogP contribution in [0.2, 0.25) is 5.02 Å². The first-order valence-corrected chi connectivity index (χ1v) is 10.2. The van der Waals surface area contributed by atoms with Gasteiger partial charge in [-0.3, -0.25) is 4.90 Å². The zero-order valence-corrected chi connectivity index (χ0v) is 16.8. The van der Waals surface area contributed by atoms with Crippen molar-refractivity contribution in [1.29, 1.82) is 0 Å². The molecule has 1 aliphatic rings. The van der Waals surface area contributed by atoms with Gasteiger partial charge in [0.15, 0.2) is 5.89 Å².